The van der Waals surface area contributed by atoms with E-state index in [9.17, 15) is 4.79 Å². The predicted molar refractivity (Wildman–Crippen MR) is 78.0 cm³/mol. The van der Waals surface area contributed by atoms with Crippen molar-refractivity contribution in [1.29, 1.82) is 0 Å². The minimum absolute atomic E-state index is 0.126. The van der Waals surface area contributed by atoms with Crippen LogP contribution in [0.3, 0.4) is 0 Å². The number of hydrogen-bond acceptors (Lipinski definition) is 4. The lowest BCUT2D eigenvalue weighted by Crippen LogP contribution is -2.32. The highest BCUT2D eigenvalue weighted by Gasteiger charge is 2.41. The van der Waals surface area contributed by atoms with Crippen molar-refractivity contribution >= 4 is 17.7 Å². The number of aromatic nitrogens is 1. The minimum atomic E-state index is -0.126. The molecule has 1 saturated carbocycles. The van der Waals surface area contributed by atoms with Crippen molar-refractivity contribution in [2.45, 2.75) is 17.6 Å². The van der Waals surface area contributed by atoms with Gasteiger partial charge >= 0.3 is 0 Å². The molecule has 0 spiro atoms. The summed E-state index contributed by atoms with van der Waals surface area (Å²) in [5, 5.41) is 2.94. The molecule has 1 aromatic rings. The second kappa shape index (κ2) is 6.09. The fourth-order valence-corrected chi connectivity index (χ4v) is 2.41. The topological polar surface area (TPSA) is 68.0 Å². The molecule has 0 atom stereocenters. The molecule has 5 heteroatoms. The smallest absolute Gasteiger partial charge is 0.269 e. The first-order valence-electron chi connectivity index (χ1n) is 6.17. The third-order valence-electron chi connectivity index (χ3n) is 3.14. The van der Waals surface area contributed by atoms with Gasteiger partial charge in [0.25, 0.3) is 5.91 Å². The Hall–Kier alpha value is -1.51. The van der Waals surface area contributed by atoms with Crippen LogP contribution in [-0.2, 0) is 0 Å². The molecule has 1 fully saturated rings. The lowest BCUT2D eigenvalue weighted by Gasteiger charge is -2.12. The molecule has 1 aliphatic carbocycles. The van der Waals surface area contributed by atoms with Crippen molar-refractivity contribution < 1.29 is 4.79 Å². The van der Waals surface area contributed by atoms with Gasteiger partial charge in [0.2, 0.25) is 0 Å². The molecule has 19 heavy (non-hydrogen) atoms. The first-order chi connectivity index (χ1) is 9.19. The van der Waals surface area contributed by atoms with Crippen molar-refractivity contribution in [2.24, 2.45) is 5.73 Å². The maximum Gasteiger partial charge on any atom is 0.269 e. The van der Waals surface area contributed by atoms with E-state index in [1.165, 1.54) is 12.8 Å². The molecule has 0 bridgehead atoms. The first kappa shape index (κ1) is 13.9. The van der Waals surface area contributed by atoms with Gasteiger partial charge in [-0.15, -0.1) is 0 Å². The maximum atomic E-state index is 11.9. The van der Waals surface area contributed by atoms with Gasteiger partial charge in [0.1, 0.15) is 5.69 Å². The van der Waals surface area contributed by atoms with Gasteiger partial charge in [0, 0.05) is 23.1 Å². The van der Waals surface area contributed by atoms with Crippen molar-refractivity contribution in [1.82, 2.24) is 10.3 Å². The van der Waals surface area contributed by atoms with E-state index < -0.39 is 0 Å². The van der Waals surface area contributed by atoms with E-state index in [0.29, 0.717) is 18.8 Å². The third-order valence-corrected chi connectivity index (χ3v) is 4.56. The standard InChI is InChI=1S/C14H17N3OS/c1-19-14(6-7-14)10-17-13(18)12-5-4-11(9-16-12)3-2-8-15/h4-5,9H,6-8,10,15H2,1H3,(H,17,18). The fraction of sp³-hybridized carbons (Fsp3) is 0.429. The highest BCUT2D eigenvalue weighted by Crippen LogP contribution is 2.46. The van der Waals surface area contributed by atoms with Gasteiger partial charge in [0.15, 0.2) is 0 Å². The maximum absolute atomic E-state index is 11.9. The van der Waals surface area contributed by atoms with Crippen LogP contribution >= 0.6 is 11.8 Å². The fourth-order valence-electron chi connectivity index (χ4n) is 1.68. The van der Waals surface area contributed by atoms with Crippen molar-refractivity contribution in [2.75, 3.05) is 19.3 Å². The van der Waals surface area contributed by atoms with Crippen LogP contribution < -0.4 is 11.1 Å². The van der Waals surface area contributed by atoms with E-state index >= 15 is 0 Å². The summed E-state index contributed by atoms with van der Waals surface area (Å²) in [7, 11) is 0. The molecular formula is C14H17N3OS. The molecule has 0 radical (unpaired) electrons. The molecule has 1 heterocycles. The number of amides is 1. The SMILES string of the molecule is CSC1(CNC(=O)c2ccc(C#CCN)cn2)CC1. The van der Waals surface area contributed by atoms with Gasteiger partial charge in [-0.1, -0.05) is 11.8 Å². The summed E-state index contributed by atoms with van der Waals surface area (Å²) in [5.41, 5.74) is 6.49. The van der Waals surface area contributed by atoms with Gasteiger partial charge in [0.05, 0.1) is 6.54 Å². The Labute approximate surface area is 117 Å². The molecule has 100 valence electrons. The summed E-state index contributed by atoms with van der Waals surface area (Å²) in [6.07, 6.45) is 6.03. The number of thioether (sulfide) groups is 1. The molecular weight excluding hydrogens is 258 g/mol. The second-order valence-electron chi connectivity index (χ2n) is 4.51. The Kier molecular flexibility index (Phi) is 4.46. The van der Waals surface area contributed by atoms with Gasteiger partial charge in [-0.2, -0.15) is 11.8 Å². The monoisotopic (exact) mass is 275 g/mol. The van der Waals surface area contributed by atoms with E-state index in [2.05, 4.69) is 28.4 Å². The average molecular weight is 275 g/mol. The van der Waals surface area contributed by atoms with Crippen molar-refractivity contribution in [3.05, 3.63) is 29.6 Å². The highest BCUT2D eigenvalue weighted by molar-refractivity contribution is 8.00. The van der Waals surface area contributed by atoms with E-state index in [0.717, 1.165) is 5.56 Å². The van der Waals surface area contributed by atoms with Crippen LogP contribution in [0.2, 0.25) is 0 Å². The second-order valence-corrected chi connectivity index (χ2v) is 5.78. The van der Waals surface area contributed by atoms with Crippen molar-refractivity contribution in [3.8, 4) is 11.8 Å². The minimum Gasteiger partial charge on any atom is -0.349 e. The lowest BCUT2D eigenvalue weighted by atomic mass is 10.2. The zero-order valence-electron chi connectivity index (χ0n) is 10.9. The van der Waals surface area contributed by atoms with E-state index in [4.69, 9.17) is 5.73 Å². The third kappa shape index (κ3) is 3.72. The number of nitrogens with zero attached hydrogens (tertiary/aromatic N) is 1. The Morgan fingerprint density at radius 2 is 2.37 bits per heavy atom. The normalized spacial score (nSPS) is 15.3. The van der Waals surface area contributed by atoms with Crippen LogP contribution in [-0.4, -0.2) is 35.0 Å². The van der Waals surface area contributed by atoms with Crippen LogP contribution in [0.15, 0.2) is 18.3 Å². The number of rotatable bonds is 4. The van der Waals surface area contributed by atoms with Gasteiger partial charge in [-0.3, -0.25) is 4.79 Å². The summed E-state index contributed by atoms with van der Waals surface area (Å²) < 4.78 is 0.266. The van der Waals surface area contributed by atoms with E-state index in [1.807, 2.05) is 11.8 Å². The summed E-state index contributed by atoms with van der Waals surface area (Å²) in [6, 6.07) is 3.47. The van der Waals surface area contributed by atoms with Gasteiger partial charge in [-0.25, -0.2) is 4.98 Å². The van der Waals surface area contributed by atoms with Crippen LogP contribution in [0.4, 0.5) is 0 Å². The Balaban J connectivity index is 1.92. The van der Waals surface area contributed by atoms with Crippen LogP contribution in [0.1, 0.15) is 28.9 Å². The molecule has 2 rings (SSSR count). The van der Waals surface area contributed by atoms with Crippen LogP contribution in [0.25, 0.3) is 0 Å². The largest absolute Gasteiger partial charge is 0.349 e. The molecule has 1 aliphatic rings. The van der Waals surface area contributed by atoms with Gasteiger partial charge < -0.3 is 11.1 Å². The molecule has 1 amide bonds. The number of carbonyl (C=O) groups is 1. The summed E-state index contributed by atoms with van der Waals surface area (Å²) in [5.74, 6) is 5.50. The molecule has 0 aliphatic heterocycles. The molecule has 1 aromatic heterocycles. The summed E-state index contributed by atoms with van der Waals surface area (Å²) >= 11 is 1.82. The zero-order valence-corrected chi connectivity index (χ0v) is 11.7. The predicted octanol–water partition coefficient (Wildman–Crippen LogP) is 1.02. The Morgan fingerprint density at radius 1 is 1.58 bits per heavy atom. The molecule has 3 N–H and O–H groups in total. The van der Waals surface area contributed by atoms with Crippen LogP contribution in [0, 0.1) is 11.8 Å². The van der Waals surface area contributed by atoms with Crippen molar-refractivity contribution in [3.63, 3.8) is 0 Å². The van der Waals surface area contributed by atoms with E-state index in [-0.39, 0.29) is 10.7 Å². The number of nitrogens with two attached hydrogens (primary N) is 1. The molecule has 0 aromatic carbocycles. The summed E-state index contributed by atoms with van der Waals surface area (Å²) in [4.78, 5) is 16.0. The van der Waals surface area contributed by atoms with E-state index in [1.54, 1.807) is 18.3 Å². The van der Waals surface area contributed by atoms with Gasteiger partial charge in [-0.05, 0) is 31.2 Å². The first-order valence-corrected chi connectivity index (χ1v) is 7.40. The average Bonchev–Trinajstić information content (AvgIpc) is 3.24. The number of pyridine rings is 1. The Morgan fingerprint density at radius 3 is 2.89 bits per heavy atom. The summed E-state index contributed by atoms with van der Waals surface area (Å²) in [6.45, 7) is 1.03. The molecule has 0 unspecified atom stereocenters. The molecule has 0 saturated heterocycles. The Bertz CT molecular complexity index is 512. The van der Waals surface area contributed by atoms with Crippen LogP contribution in [0.5, 0.6) is 0 Å². The number of nitrogens with one attached hydrogen (secondary N) is 1. The number of carbonyl (C=O) groups excluding carboxylic acids is 1. The quantitative estimate of drug-likeness (QED) is 0.805. The zero-order chi connectivity index (χ0) is 13.7. The highest BCUT2D eigenvalue weighted by atomic mass is 32.2. The molecule has 4 nitrogen and oxygen atoms in total. The lowest BCUT2D eigenvalue weighted by molar-refractivity contribution is 0.0948. The number of hydrogen-bond donors (Lipinski definition) is 2.